The van der Waals surface area contributed by atoms with Gasteiger partial charge in [0.1, 0.15) is 0 Å². The van der Waals surface area contributed by atoms with E-state index >= 15 is 0 Å². The smallest absolute Gasteiger partial charge is 0.0827 e. The Bertz CT molecular complexity index is 228. The van der Waals surface area contributed by atoms with Gasteiger partial charge in [0.2, 0.25) is 0 Å². The number of ether oxygens (including phenoxy) is 3. The van der Waals surface area contributed by atoms with E-state index in [9.17, 15) is 0 Å². The number of methoxy groups -OCH3 is 1. The molecule has 0 amide bonds. The molecule has 2 fully saturated rings. The first-order valence-corrected chi connectivity index (χ1v) is 7.03. The normalized spacial score (nSPS) is 28.5. The van der Waals surface area contributed by atoms with Crippen molar-refractivity contribution in [3.05, 3.63) is 0 Å². The summed E-state index contributed by atoms with van der Waals surface area (Å²) in [5.74, 6) is 0. The van der Waals surface area contributed by atoms with Crippen molar-refractivity contribution in [1.29, 1.82) is 0 Å². The fourth-order valence-electron chi connectivity index (χ4n) is 2.66. The molecule has 2 unspecified atom stereocenters. The van der Waals surface area contributed by atoms with E-state index in [0.717, 1.165) is 32.8 Å². The summed E-state index contributed by atoms with van der Waals surface area (Å²) in [6.07, 6.45) is 2.99. The maximum Gasteiger partial charge on any atom is 0.0827 e. The average molecular weight is 258 g/mol. The SMILES string of the molecule is COCCOCCNCC1CN2CCCC2CO1. The monoisotopic (exact) mass is 258 g/mol. The first-order valence-electron chi connectivity index (χ1n) is 7.03. The van der Waals surface area contributed by atoms with Crippen LogP contribution >= 0.6 is 0 Å². The highest BCUT2D eigenvalue weighted by Crippen LogP contribution is 2.22. The van der Waals surface area contributed by atoms with Crippen molar-refractivity contribution in [1.82, 2.24) is 10.2 Å². The van der Waals surface area contributed by atoms with Crippen molar-refractivity contribution in [3.63, 3.8) is 0 Å². The zero-order valence-electron chi connectivity index (χ0n) is 11.4. The van der Waals surface area contributed by atoms with E-state index in [1.165, 1.54) is 19.4 Å². The largest absolute Gasteiger partial charge is 0.382 e. The third-order valence-electron chi connectivity index (χ3n) is 3.69. The lowest BCUT2D eigenvalue weighted by molar-refractivity contribution is -0.0474. The molecule has 2 atom stereocenters. The third kappa shape index (κ3) is 4.48. The Kier molecular flexibility index (Phi) is 6.37. The number of hydrogen-bond acceptors (Lipinski definition) is 5. The van der Waals surface area contributed by atoms with Gasteiger partial charge in [-0.2, -0.15) is 0 Å². The summed E-state index contributed by atoms with van der Waals surface area (Å²) >= 11 is 0. The molecule has 0 aliphatic carbocycles. The van der Waals surface area contributed by atoms with Gasteiger partial charge in [-0.1, -0.05) is 0 Å². The quantitative estimate of drug-likeness (QED) is 0.626. The van der Waals surface area contributed by atoms with Crippen LogP contribution in [0.5, 0.6) is 0 Å². The average Bonchev–Trinajstić information content (AvgIpc) is 2.85. The Hall–Kier alpha value is -0.200. The van der Waals surface area contributed by atoms with E-state index in [1.807, 2.05) is 0 Å². The molecule has 0 aromatic heterocycles. The molecule has 5 heteroatoms. The predicted octanol–water partition coefficient (Wildman–Crippen LogP) is 0.102. The van der Waals surface area contributed by atoms with Crippen molar-refractivity contribution in [2.24, 2.45) is 0 Å². The Morgan fingerprint density at radius 3 is 3.17 bits per heavy atom. The standard InChI is InChI=1S/C13H26N2O3/c1-16-7-8-17-6-4-14-9-13-10-15-5-2-3-12(15)11-18-13/h12-14H,2-11H2,1H3. The second-order valence-corrected chi connectivity index (χ2v) is 5.06. The Morgan fingerprint density at radius 2 is 2.28 bits per heavy atom. The molecule has 2 heterocycles. The van der Waals surface area contributed by atoms with Gasteiger partial charge in [-0.25, -0.2) is 0 Å². The van der Waals surface area contributed by atoms with Gasteiger partial charge >= 0.3 is 0 Å². The highest BCUT2D eigenvalue weighted by Gasteiger charge is 2.31. The molecular formula is C13H26N2O3. The van der Waals surface area contributed by atoms with Gasteiger partial charge in [-0.3, -0.25) is 4.90 Å². The van der Waals surface area contributed by atoms with Gasteiger partial charge in [0.25, 0.3) is 0 Å². The predicted molar refractivity (Wildman–Crippen MR) is 69.9 cm³/mol. The van der Waals surface area contributed by atoms with E-state index in [2.05, 4.69) is 10.2 Å². The molecule has 2 aliphatic heterocycles. The molecule has 5 nitrogen and oxygen atoms in total. The molecule has 0 bridgehead atoms. The topological polar surface area (TPSA) is 43.0 Å². The van der Waals surface area contributed by atoms with Crippen molar-refractivity contribution >= 4 is 0 Å². The number of hydrogen-bond donors (Lipinski definition) is 1. The second-order valence-electron chi connectivity index (χ2n) is 5.06. The fourth-order valence-corrected chi connectivity index (χ4v) is 2.66. The second kappa shape index (κ2) is 8.07. The van der Waals surface area contributed by atoms with E-state index < -0.39 is 0 Å². The summed E-state index contributed by atoms with van der Waals surface area (Å²) < 4.78 is 16.2. The lowest BCUT2D eigenvalue weighted by Gasteiger charge is -2.35. The maximum absolute atomic E-state index is 5.87. The molecular weight excluding hydrogens is 232 g/mol. The zero-order chi connectivity index (χ0) is 12.6. The van der Waals surface area contributed by atoms with Gasteiger partial charge < -0.3 is 19.5 Å². The summed E-state index contributed by atoms with van der Waals surface area (Å²) in [5.41, 5.74) is 0. The van der Waals surface area contributed by atoms with Crippen LogP contribution in [0.3, 0.4) is 0 Å². The Balaban J connectivity index is 1.47. The number of fused-ring (bicyclic) bond motifs is 1. The molecule has 0 radical (unpaired) electrons. The fraction of sp³-hybridized carbons (Fsp3) is 1.00. The molecule has 2 rings (SSSR count). The Labute approximate surface area is 110 Å². The number of nitrogens with zero attached hydrogens (tertiary/aromatic N) is 1. The minimum atomic E-state index is 0.346. The van der Waals surface area contributed by atoms with Crippen LogP contribution in [0, 0.1) is 0 Å². The lowest BCUT2D eigenvalue weighted by Crippen LogP contribution is -2.49. The van der Waals surface area contributed by atoms with Crippen molar-refractivity contribution in [2.75, 3.05) is 59.7 Å². The summed E-state index contributed by atoms with van der Waals surface area (Å²) in [4.78, 5) is 2.57. The molecule has 0 spiro atoms. The maximum atomic E-state index is 5.87. The van der Waals surface area contributed by atoms with Crippen molar-refractivity contribution in [2.45, 2.75) is 25.0 Å². The van der Waals surface area contributed by atoms with Gasteiger partial charge in [0.15, 0.2) is 0 Å². The number of morpholine rings is 1. The first kappa shape index (κ1) is 14.2. The molecule has 0 aromatic rings. The summed E-state index contributed by atoms with van der Waals surface area (Å²) in [5, 5.41) is 3.39. The highest BCUT2D eigenvalue weighted by molar-refractivity contribution is 4.85. The molecule has 106 valence electrons. The number of nitrogens with one attached hydrogen (secondary N) is 1. The lowest BCUT2D eigenvalue weighted by atomic mass is 10.2. The third-order valence-corrected chi connectivity index (χ3v) is 3.69. The number of rotatable bonds is 8. The van der Waals surface area contributed by atoms with Crippen molar-refractivity contribution < 1.29 is 14.2 Å². The molecule has 2 saturated heterocycles. The van der Waals surface area contributed by atoms with E-state index in [0.29, 0.717) is 25.4 Å². The van der Waals surface area contributed by atoms with E-state index in [4.69, 9.17) is 14.2 Å². The van der Waals surface area contributed by atoms with E-state index in [1.54, 1.807) is 7.11 Å². The highest BCUT2D eigenvalue weighted by atomic mass is 16.5. The van der Waals surface area contributed by atoms with Crippen LogP contribution in [0.1, 0.15) is 12.8 Å². The summed E-state index contributed by atoms with van der Waals surface area (Å²) in [7, 11) is 1.69. The molecule has 0 saturated carbocycles. The van der Waals surface area contributed by atoms with Crippen LogP contribution < -0.4 is 5.32 Å². The van der Waals surface area contributed by atoms with Crippen LogP contribution in [0.2, 0.25) is 0 Å². The van der Waals surface area contributed by atoms with E-state index in [-0.39, 0.29) is 0 Å². The first-order chi connectivity index (χ1) is 8.90. The molecule has 2 aliphatic rings. The molecule has 0 aromatic carbocycles. The Morgan fingerprint density at radius 1 is 1.33 bits per heavy atom. The minimum absolute atomic E-state index is 0.346. The zero-order valence-corrected chi connectivity index (χ0v) is 11.4. The van der Waals surface area contributed by atoms with Gasteiger partial charge in [-0.05, 0) is 19.4 Å². The van der Waals surface area contributed by atoms with Gasteiger partial charge in [0.05, 0.1) is 32.5 Å². The van der Waals surface area contributed by atoms with Gasteiger partial charge in [-0.15, -0.1) is 0 Å². The minimum Gasteiger partial charge on any atom is -0.382 e. The van der Waals surface area contributed by atoms with Crippen molar-refractivity contribution in [3.8, 4) is 0 Å². The van der Waals surface area contributed by atoms with Crippen LogP contribution in [-0.4, -0.2) is 76.8 Å². The van der Waals surface area contributed by atoms with Crippen LogP contribution in [0.4, 0.5) is 0 Å². The summed E-state index contributed by atoms with van der Waals surface area (Å²) in [6, 6.07) is 0.693. The van der Waals surface area contributed by atoms with Crippen LogP contribution in [0.25, 0.3) is 0 Å². The van der Waals surface area contributed by atoms with Gasteiger partial charge in [0, 0.05) is 32.8 Å². The van der Waals surface area contributed by atoms with Crippen LogP contribution in [0.15, 0.2) is 0 Å². The molecule has 1 N–H and O–H groups in total. The van der Waals surface area contributed by atoms with Crippen LogP contribution in [-0.2, 0) is 14.2 Å². The molecule has 18 heavy (non-hydrogen) atoms. The summed E-state index contributed by atoms with van der Waals surface area (Å²) in [6.45, 7) is 7.14.